The molecule has 0 aromatic carbocycles. The van der Waals surface area contributed by atoms with E-state index in [1.54, 1.807) is 0 Å². The van der Waals surface area contributed by atoms with Gasteiger partial charge >= 0.3 is 0 Å². The lowest BCUT2D eigenvalue weighted by atomic mass is 10.2. The van der Waals surface area contributed by atoms with Gasteiger partial charge in [0.25, 0.3) is 0 Å². The van der Waals surface area contributed by atoms with Crippen molar-refractivity contribution in [3.63, 3.8) is 0 Å². The number of pyridine rings is 1. The fourth-order valence-electron chi connectivity index (χ4n) is 1.03. The first-order valence-corrected chi connectivity index (χ1v) is 5.69. The normalized spacial score (nSPS) is 9.77. The summed E-state index contributed by atoms with van der Waals surface area (Å²) in [5, 5.41) is 3.06. The van der Waals surface area contributed by atoms with Crippen molar-refractivity contribution in [2.45, 2.75) is 13.3 Å². The highest BCUT2D eigenvalue weighted by molar-refractivity contribution is 14.1. The SMILES string of the molecule is CCc1cnc(OCI)c(NC)c1. The van der Waals surface area contributed by atoms with Crippen LogP contribution in [0, 0.1) is 0 Å². The lowest BCUT2D eigenvalue weighted by Crippen LogP contribution is -1.99. The Morgan fingerprint density at radius 3 is 2.92 bits per heavy atom. The number of anilines is 1. The summed E-state index contributed by atoms with van der Waals surface area (Å²) in [5.74, 6) is 0.675. The zero-order chi connectivity index (χ0) is 9.68. The Bertz CT molecular complexity index is 278. The highest BCUT2D eigenvalue weighted by atomic mass is 127. The average Bonchev–Trinajstić information content (AvgIpc) is 2.19. The van der Waals surface area contributed by atoms with Crippen molar-refractivity contribution in [2.24, 2.45) is 0 Å². The van der Waals surface area contributed by atoms with Crippen LogP contribution < -0.4 is 10.1 Å². The second-order valence-corrected chi connectivity index (χ2v) is 3.18. The Morgan fingerprint density at radius 2 is 2.38 bits per heavy atom. The number of nitrogens with one attached hydrogen (secondary N) is 1. The molecule has 0 atom stereocenters. The molecule has 4 heteroatoms. The first kappa shape index (κ1) is 10.6. The Morgan fingerprint density at radius 1 is 1.62 bits per heavy atom. The number of halogens is 1. The molecule has 1 aromatic rings. The van der Waals surface area contributed by atoms with E-state index >= 15 is 0 Å². The van der Waals surface area contributed by atoms with Crippen molar-refractivity contribution < 1.29 is 4.74 Å². The minimum Gasteiger partial charge on any atom is -0.466 e. The standard InChI is InChI=1S/C9H13IN2O/c1-3-7-4-8(11-2)9(12-5-7)13-6-10/h4-5,11H,3,6H2,1-2H3. The number of aromatic nitrogens is 1. The van der Waals surface area contributed by atoms with Crippen molar-refractivity contribution >= 4 is 28.3 Å². The Labute approximate surface area is 92.0 Å². The first-order valence-electron chi connectivity index (χ1n) is 4.17. The monoisotopic (exact) mass is 292 g/mol. The molecule has 0 bridgehead atoms. The van der Waals surface area contributed by atoms with Gasteiger partial charge in [-0.25, -0.2) is 4.98 Å². The minimum atomic E-state index is 0.616. The summed E-state index contributed by atoms with van der Waals surface area (Å²) in [7, 11) is 1.87. The van der Waals surface area contributed by atoms with E-state index in [-0.39, 0.29) is 0 Å². The van der Waals surface area contributed by atoms with Crippen LogP contribution in [0.5, 0.6) is 5.88 Å². The van der Waals surface area contributed by atoms with Crippen LogP contribution in [0.2, 0.25) is 0 Å². The maximum atomic E-state index is 5.34. The zero-order valence-electron chi connectivity index (χ0n) is 7.80. The molecule has 0 saturated heterocycles. The van der Waals surface area contributed by atoms with Crippen LogP contribution >= 0.6 is 22.6 Å². The van der Waals surface area contributed by atoms with Crippen LogP contribution in [0.15, 0.2) is 12.3 Å². The first-order chi connectivity index (χ1) is 6.31. The number of nitrogens with zero attached hydrogens (tertiary/aromatic N) is 1. The molecule has 0 fully saturated rings. The van der Waals surface area contributed by atoms with Crippen LogP contribution in [0.25, 0.3) is 0 Å². The van der Waals surface area contributed by atoms with Crippen LogP contribution in [-0.2, 0) is 6.42 Å². The van der Waals surface area contributed by atoms with E-state index in [9.17, 15) is 0 Å². The third-order valence-electron chi connectivity index (χ3n) is 1.78. The summed E-state index contributed by atoms with van der Waals surface area (Å²) in [4.78, 5) is 4.22. The molecule has 0 unspecified atom stereocenters. The summed E-state index contributed by atoms with van der Waals surface area (Å²) in [6.07, 6.45) is 2.84. The van der Waals surface area contributed by atoms with Gasteiger partial charge in [-0.05, 0) is 40.6 Å². The van der Waals surface area contributed by atoms with Gasteiger partial charge in [0, 0.05) is 13.2 Å². The number of rotatable bonds is 4. The van der Waals surface area contributed by atoms with Gasteiger partial charge in [-0.1, -0.05) is 6.92 Å². The third kappa shape index (κ3) is 2.72. The van der Waals surface area contributed by atoms with Crippen LogP contribution in [0.4, 0.5) is 5.69 Å². The van der Waals surface area contributed by atoms with Crippen LogP contribution in [-0.4, -0.2) is 16.6 Å². The van der Waals surface area contributed by atoms with Gasteiger partial charge in [0.15, 0.2) is 0 Å². The smallest absolute Gasteiger partial charge is 0.238 e. The molecule has 3 nitrogen and oxygen atoms in total. The van der Waals surface area contributed by atoms with Crippen molar-refractivity contribution in [3.05, 3.63) is 17.8 Å². The molecule has 13 heavy (non-hydrogen) atoms. The van der Waals surface area contributed by atoms with E-state index in [0.717, 1.165) is 12.1 Å². The topological polar surface area (TPSA) is 34.1 Å². The molecular weight excluding hydrogens is 279 g/mol. The summed E-state index contributed by atoms with van der Waals surface area (Å²) in [6.45, 7) is 2.11. The molecule has 72 valence electrons. The fraction of sp³-hybridized carbons (Fsp3) is 0.444. The molecule has 0 amide bonds. The van der Waals surface area contributed by atoms with Crippen molar-refractivity contribution in [2.75, 3.05) is 17.0 Å². The van der Waals surface area contributed by atoms with E-state index in [1.165, 1.54) is 5.56 Å². The van der Waals surface area contributed by atoms with Gasteiger partial charge in [-0.2, -0.15) is 0 Å². The quantitative estimate of drug-likeness (QED) is 0.684. The molecule has 0 spiro atoms. The zero-order valence-corrected chi connectivity index (χ0v) is 9.96. The molecule has 0 saturated carbocycles. The van der Waals surface area contributed by atoms with Gasteiger partial charge in [-0.3, -0.25) is 0 Å². The number of hydrogen-bond acceptors (Lipinski definition) is 3. The molecule has 1 N–H and O–H groups in total. The number of hydrogen-bond donors (Lipinski definition) is 1. The van der Waals surface area contributed by atoms with Crippen LogP contribution in [0.3, 0.4) is 0 Å². The van der Waals surface area contributed by atoms with Gasteiger partial charge in [0.05, 0.1) is 5.69 Å². The highest BCUT2D eigenvalue weighted by Gasteiger charge is 2.03. The molecule has 1 rings (SSSR count). The molecule has 1 aromatic heterocycles. The predicted octanol–water partition coefficient (Wildman–Crippen LogP) is 2.46. The lowest BCUT2D eigenvalue weighted by molar-refractivity contribution is 0.390. The Hall–Kier alpha value is -0.520. The number of ether oxygens (including phenoxy) is 1. The van der Waals surface area contributed by atoms with Gasteiger partial charge < -0.3 is 10.1 Å². The summed E-state index contributed by atoms with van der Waals surface area (Å²) in [6, 6.07) is 2.06. The Kier molecular flexibility index (Phi) is 4.27. The molecule has 0 aliphatic heterocycles. The summed E-state index contributed by atoms with van der Waals surface area (Å²) < 4.78 is 5.96. The molecule has 0 radical (unpaired) electrons. The second-order valence-electron chi connectivity index (χ2n) is 2.55. The van der Waals surface area contributed by atoms with Crippen molar-refractivity contribution in [3.8, 4) is 5.88 Å². The summed E-state index contributed by atoms with van der Waals surface area (Å²) in [5.41, 5.74) is 2.17. The predicted molar refractivity (Wildman–Crippen MR) is 62.7 cm³/mol. The highest BCUT2D eigenvalue weighted by Crippen LogP contribution is 2.22. The average molecular weight is 292 g/mol. The van der Waals surface area contributed by atoms with Crippen LogP contribution in [0.1, 0.15) is 12.5 Å². The second kappa shape index (κ2) is 5.26. The van der Waals surface area contributed by atoms with E-state index in [4.69, 9.17) is 4.74 Å². The van der Waals surface area contributed by atoms with Crippen molar-refractivity contribution in [1.82, 2.24) is 4.98 Å². The third-order valence-corrected chi connectivity index (χ3v) is 2.09. The Balaban J connectivity index is 2.93. The van der Waals surface area contributed by atoms with E-state index in [1.807, 2.05) is 13.2 Å². The molecule has 0 aliphatic carbocycles. The fourth-order valence-corrected chi connectivity index (χ4v) is 1.33. The number of aryl methyl sites for hydroxylation is 1. The minimum absolute atomic E-state index is 0.616. The lowest BCUT2D eigenvalue weighted by Gasteiger charge is -2.08. The van der Waals surface area contributed by atoms with Crippen molar-refractivity contribution in [1.29, 1.82) is 0 Å². The van der Waals surface area contributed by atoms with E-state index in [0.29, 0.717) is 10.5 Å². The molecule has 1 heterocycles. The van der Waals surface area contributed by atoms with E-state index in [2.05, 4.69) is 45.9 Å². The van der Waals surface area contributed by atoms with Gasteiger partial charge in [0.2, 0.25) is 5.88 Å². The molecule has 0 aliphatic rings. The largest absolute Gasteiger partial charge is 0.466 e. The summed E-state index contributed by atoms with van der Waals surface area (Å²) >= 11 is 2.15. The van der Waals surface area contributed by atoms with E-state index < -0.39 is 0 Å². The van der Waals surface area contributed by atoms with Gasteiger partial charge in [-0.15, -0.1) is 0 Å². The maximum absolute atomic E-state index is 5.34. The number of alkyl halides is 1. The molecular formula is C9H13IN2O. The maximum Gasteiger partial charge on any atom is 0.238 e. The van der Waals surface area contributed by atoms with Gasteiger partial charge in [0.1, 0.15) is 4.61 Å².